The standard InChI is InChI=1S/C28H24FNO/c1-19(2)28-26(18-31)25(21-12-14-23(29)15-13-21)17-27(30-28)24-11-7-6-10-22(24)16-20-8-4-3-5-9-20/h3-15,17-19H,16H2,1-2H3. The Bertz CT molecular complexity index is 1200. The van der Waals surface area contributed by atoms with Gasteiger partial charge < -0.3 is 0 Å². The smallest absolute Gasteiger partial charge is 0.152 e. The van der Waals surface area contributed by atoms with Crippen molar-refractivity contribution < 1.29 is 9.18 Å². The molecule has 0 bridgehead atoms. The average molecular weight is 410 g/mol. The number of aromatic nitrogens is 1. The lowest BCUT2D eigenvalue weighted by Gasteiger charge is -2.17. The molecule has 0 aliphatic heterocycles. The number of halogens is 1. The van der Waals surface area contributed by atoms with Crippen molar-refractivity contribution in [3.63, 3.8) is 0 Å². The van der Waals surface area contributed by atoms with E-state index in [4.69, 9.17) is 4.98 Å². The van der Waals surface area contributed by atoms with Gasteiger partial charge in [0, 0.05) is 11.1 Å². The summed E-state index contributed by atoms with van der Waals surface area (Å²) in [6, 6.07) is 26.8. The van der Waals surface area contributed by atoms with Crippen LogP contribution in [0.4, 0.5) is 4.39 Å². The predicted octanol–water partition coefficient (Wildman–Crippen LogP) is 7.08. The van der Waals surface area contributed by atoms with Crippen LogP contribution in [0.5, 0.6) is 0 Å². The fourth-order valence-corrected chi connectivity index (χ4v) is 3.89. The Morgan fingerprint density at radius 3 is 2.23 bits per heavy atom. The molecule has 3 aromatic carbocycles. The van der Waals surface area contributed by atoms with E-state index in [1.54, 1.807) is 12.1 Å². The summed E-state index contributed by atoms with van der Waals surface area (Å²) in [7, 11) is 0. The van der Waals surface area contributed by atoms with Gasteiger partial charge in [-0.25, -0.2) is 4.39 Å². The zero-order valence-electron chi connectivity index (χ0n) is 17.7. The van der Waals surface area contributed by atoms with Gasteiger partial charge in [-0.3, -0.25) is 9.78 Å². The van der Waals surface area contributed by atoms with Gasteiger partial charge in [0.2, 0.25) is 0 Å². The second kappa shape index (κ2) is 9.05. The minimum Gasteiger partial charge on any atom is -0.298 e. The molecule has 0 saturated heterocycles. The molecule has 3 heteroatoms. The van der Waals surface area contributed by atoms with Crippen LogP contribution in [-0.4, -0.2) is 11.3 Å². The minimum absolute atomic E-state index is 0.0700. The highest BCUT2D eigenvalue weighted by Gasteiger charge is 2.18. The molecule has 0 aliphatic carbocycles. The normalized spacial score (nSPS) is 11.0. The molecule has 0 atom stereocenters. The molecular formula is C28H24FNO. The lowest BCUT2D eigenvalue weighted by atomic mass is 9.91. The third-order valence-corrected chi connectivity index (χ3v) is 5.44. The summed E-state index contributed by atoms with van der Waals surface area (Å²) in [6.45, 7) is 4.06. The number of carbonyl (C=O) groups excluding carboxylic acids is 1. The van der Waals surface area contributed by atoms with E-state index in [9.17, 15) is 9.18 Å². The lowest BCUT2D eigenvalue weighted by Crippen LogP contribution is -2.05. The highest BCUT2D eigenvalue weighted by atomic mass is 19.1. The lowest BCUT2D eigenvalue weighted by molar-refractivity contribution is 0.112. The Balaban J connectivity index is 1.90. The van der Waals surface area contributed by atoms with Crippen molar-refractivity contribution in [2.24, 2.45) is 0 Å². The molecule has 1 aromatic heterocycles. The summed E-state index contributed by atoms with van der Waals surface area (Å²) in [5.74, 6) is -0.233. The van der Waals surface area contributed by atoms with Crippen LogP contribution in [0.15, 0.2) is 84.9 Å². The van der Waals surface area contributed by atoms with E-state index in [0.717, 1.165) is 40.8 Å². The first kappa shape index (κ1) is 20.7. The van der Waals surface area contributed by atoms with Gasteiger partial charge in [-0.2, -0.15) is 0 Å². The van der Waals surface area contributed by atoms with Crippen molar-refractivity contribution in [1.29, 1.82) is 0 Å². The molecule has 2 nitrogen and oxygen atoms in total. The molecule has 0 fully saturated rings. The van der Waals surface area contributed by atoms with E-state index in [2.05, 4.69) is 24.3 Å². The van der Waals surface area contributed by atoms with Crippen molar-refractivity contribution >= 4 is 6.29 Å². The molecule has 4 aromatic rings. The minimum atomic E-state index is -0.303. The SMILES string of the molecule is CC(C)c1nc(-c2ccccc2Cc2ccccc2)cc(-c2ccc(F)cc2)c1C=O. The summed E-state index contributed by atoms with van der Waals surface area (Å²) in [5.41, 5.74) is 7.14. The van der Waals surface area contributed by atoms with Crippen molar-refractivity contribution in [3.8, 4) is 22.4 Å². The van der Waals surface area contributed by atoms with Crippen LogP contribution >= 0.6 is 0 Å². The Morgan fingerprint density at radius 2 is 1.55 bits per heavy atom. The zero-order chi connectivity index (χ0) is 21.8. The van der Waals surface area contributed by atoms with Gasteiger partial charge in [0.15, 0.2) is 6.29 Å². The van der Waals surface area contributed by atoms with E-state index in [1.165, 1.54) is 23.3 Å². The number of hydrogen-bond acceptors (Lipinski definition) is 2. The fourth-order valence-electron chi connectivity index (χ4n) is 3.89. The fraction of sp³-hybridized carbons (Fsp3) is 0.143. The second-order valence-corrected chi connectivity index (χ2v) is 7.95. The van der Waals surface area contributed by atoms with E-state index in [0.29, 0.717) is 5.56 Å². The van der Waals surface area contributed by atoms with E-state index < -0.39 is 0 Å². The van der Waals surface area contributed by atoms with Gasteiger partial charge in [-0.05, 0) is 52.8 Å². The number of aldehydes is 1. The van der Waals surface area contributed by atoms with Gasteiger partial charge in [-0.15, -0.1) is 0 Å². The van der Waals surface area contributed by atoms with E-state index in [-0.39, 0.29) is 11.7 Å². The summed E-state index contributed by atoms with van der Waals surface area (Å²) in [4.78, 5) is 16.9. The Hall–Kier alpha value is -3.59. The summed E-state index contributed by atoms with van der Waals surface area (Å²) in [6.07, 6.45) is 1.65. The topological polar surface area (TPSA) is 30.0 Å². The molecule has 1 heterocycles. The van der Waals surface area contributed by atoms with Crippen molar-refractivity contribution in [3.05, 3.63) is 113 Å². The highest BCUT2D eigenvalue weighted by Crippen LogP contribution is 2.34. The average Bonchev–Trinajstić information content (AvgIpc) is 2.80. The van der Waals surface area contributed by atoms with Crippen LogP contribution in [0.3, 0.4) is 0 Å². The predicted molar refractivity (Wildman–Crippen MR) is 124 cm³/mol. The summed E-state index contributed by atoms with van der Waals surface area (Å²) < 4.78 is 13.5. The maximum Gasteiger partial charge on any atom is 0.152 e. The number of pyridine rings is 1. The third kappa shape index (κ3) is 4.46. The van der Waals surface area contributed by atoms with Gasteiger partial charge in [0.05, 0.1) is 11.4 Å². The molecule has 0 N–H and O–H groups in total. The van der Waals surface area contributed by atoms with Gasteiger partial charge in [0.25, 0.3) is 0 Å². The molecule has 0 radical (unpaired) electrons. The number of carbonyl (C=O) groups is 1. The third-order valence-electron chi connectivity index (χ3n) is 5.44. The Labute approximate surface area is 182 Å². The molecule has 0 unspecified atom stereocenters. The first-order valence-corrected chi connectivity index (χ1v) is 10.4. The van der Waals surface area contributed by atoms with Crippen molar-refractivity contribution in [2.45, 2.75) is 26.2 Å². The molecule has 0 amide bonds. The Morgan fingerprint density at radius 1 is 0.871 bits per heavy atom. The molecule has 31 heavy (non-hydrogen) atoms. The van der Waals surface area contributed by atoms with Crippen LogP contribution in [0.2, 0.25) is 0 Å². The van der Waals surface area contributed by atoms with Crippen LogP contribution in [0, 0.1) is 5.82 Å². The van der Waals surface area contributed by atoms with Crippen molar-refractivity contribution in [1.82, 2.24) is 4.98 Å². The zero-order valence-corrected chi connectivity index (χ0v) is 17.7. The van der Waals surface area contributed by atoms with Gasteiger partial charge in [-0.1, -0.05) is 80.6 Å². The maximum atomic E-state index is 13.5. The largest absolute Gasteiger partial charge is 0.298 e. The quantitative estimate of drug-likeness (QED) is 0.318. The number of rotatable bonds is 6. The summed E-state index contributed by atoms with van der Waals surface area (Å²) >= 11 is 0. The van der Waals surface area contributed by atoms with Crippen LogP contribution in [0.1, 0.15) is 46.9 Å². The van der Waals surface area contributed by atoms with E-state index in [1.807, 2.05) is 50.2 Å². The van der Waals surface area contributed by atoms with Gasteiger partial charge >= 0.3 is 0 Å². The highest BCUT2D eigenvalue weighted by molar-refractivity contribution is 5.91. The molecule has 0 saturated carbocycles. The molecular weight excluding hydrogens is 385 g/mol. The first-order chi connectivity index (χ1) is 15.1. The number of benzene rings is 3. The van der Waals surface area contributed by atoms with Gasteiger partial charge in [0.1, 0.15) is 5.82 Å². The molecule has 4 rings (SSSR count). The molecule has 0 spiro atoms. The van der Waals surface area contributed by atoms with E-state index >= 15 is 0 Å². The monoisotopic (exact) mass is 409 g/mol. The van der Waals surface area contributed by atoms with Crippen molar-refractivity contribution in [2.75, 3.05) is 0 Å². The van der Waals surface area contributed by atoms with Crippen LogP contribution in [0.25, 0.3) is 22.4 Å². The van der Waals surface area contributed by atoms with Crippen LogP contribution in [-0.2, 0) is 6.42 Å². The number of nitrogens with zero attached hydrogens (tertiary/aromatic N) is 1. The Kier molecular flexibility index (Phi) is 6.03. The first-order valence-electron chi connectivity index (χ1n) is 10.4. The summed E-state index contributed by atoms with van der Waals surface area (Å²) in [5, 5.41) is 0. The second-order valence-electron chi connectivity index (χ2n) is 7.95. The maximum absolute atomic E-state index is 13.5. The van der Waals surface area contributed by atoms with Crippen LogP contribution < -0.4 is 0 Å². The molecule has 0 aliphatic rings. The molecule has 154 valence electrons. The number of hydrogen-bond donors (Lipinski definition) is 0.